The van der Waals surface area contributed by atoms with Gasteiger partial charge in [0, 0.05) is 6.20 Å². The molecule has 0 fully saturated rings. The van der Waals surface area contributed by atoms with Crippen LogP contribution < -0.4 is 4.74 Å². The molecule has 0 spiro atoms. The zero-order valence-electron chi connectivity index (χ0n) is 18.8. The van der Waals surface area contributed by atoms with Crippen LogP contribution in [0.3, 0.4) is 0 Å². The second-order valence-corrected chi connectivity index (χ2v) is 7.53. The van der Waals surface area contributed by atoms with Gasteiger partial charge in [-0.15, -0.1) is 0 Å². The molecule has 170 valence electrons. The quantitative estimate of drug-likeness (QED) is 0.344. The van der Waals surface area contributed by atoms with Crippen molar-refractivity contribution in [1.82, 2.24) is 29.5 Å². The van der Waals surface area contributed by atoms with Crippen LogP contribution in [0.15, 0.2) is 73.2 Å². The predicted octanol–water partition coefficient (Wildman–Crippen LogP) is 3.91. The highest BCUT2D eigenvalue weighted by Crippen LogP contribution is 2.25. The molecule has 0 radical (unpaired) electrons. The third-order valence-electron chi connectivity index (χ3n) is 5.30. The van der Waals surface area contributed by atoms with Crippen LogP contribution in [-0.4, -0.2) is 49.2 Å². The Morgan fingerprint density at radius 2 is 1.79 bits per heavy atom. The SMILES string of the molecule is CCOC(=O)c1cnn(-c2nc(OC)c3c(cnn3Cc3cccc(-c4ccccc4)c3)n2)c1. The summed E-state index contributed by atoms with van der Waals surface area (Å²) >= 11 is 0. The summed E-state index contributed by atoms with van der Waals surface area (Å²) in [6, 6.07) is 18.6. The molecule has 3 aromatic heterocycles. The van der Waals surface area contributed by atoms with E-state index in [-0.39, 0.29) is 12.6 Å². The third-order valence-corrected chi connectivity index (χ3v) is 5.30. The summed E-state index contributed by atoms with van der Waals surface area (Å²) < 4.78 is 13.8. The summed E-state index contributed by atoms with van der Waals surface area (Å²) in [4.78, 5) is 21.0. The van der Waals surface area contributed by atoms with E-state index in [0.29, 0.717) is 29.0 Å². The Hall–Kier alpha value is -4.53. The van der Waals surface area contributed by atoms with Crippen LogP contribution in [0.1, 0.15) is 22.8 Å². The van der Waals surface area contributed by atoms with Crippen LogP contribution in [0, 0.1) is 0 Å². The Balaban J connectivity index is 1.47. The normalized spacial score (nSPS) is 11.0. The van der Waals surface area contributed by atoms with Gasteiger partial charge in [0.15, 0.2) is 0 Å². The molecule has 0 saturated heterocycles. The zero-order valence-corrected chi connectivity index (χ0v) is 18.8. The van der Waals surface area contributed by atoms with Crippen molar-refractivity contribution in [2.24, 2.45) is 0 Å². The first-order chi connectivity index (χ1) is 16.7. The van der Waals surface area contributed by atoms with Crippen molar-refractivity contribution in [3.63, 3.8) is 0 Å². The number of carbonyl (C=O) groups excluding carboxylic acids is 1. The molecule has 0 aliphatic carbocycles. The van der Waals surface area contributed by atoms with E-state index in [1.54, 1.807) is 20.2 Å². The molecule has 3 heterocycles. The van der Waals surface area contributed by atoms with Gasteiger partial charge < -0.3 is 9.47 Å². The highest BCUT2D eigenvalue weighted by Gasteiger charge is 2.17. The first-order valence-corrected chi connectivity index (χ1v) is 10.8. The molecule has 9 heteroatoms. The minimum atomic E-state index is -0.452. The molecule has 0 atom stereocenters. The summed E-state index contributed by atoms with van der Waals surface area (Å²) in [5, 5.41) is 8.72. The molecule has 0 amide bonds. The van der Waals surface area contributed by atoms with E-state index in [0.717, 1.165) is 16.7 Å². The lowest BCUT2D eigenvalue weighted by Crippen LogP contribution is -2.07. The van der Waals surface area contributed by atoms with Gasteiger partial charge in [-0.2, -0.15) is 15.2 Å². The van der Waals surface area contributed by atoms with Gasteiger partial charge in [-0.3, -0.25) is 4.68 Å². The highest BCUT2D eigenvalue weighted by molar-refractivity contribution is 5.88. The molecular formula is C25H22N6O3. The molecular weight excluding hydrogens is 432 g/mol. The Morgan fingerprint density at radius 1 is 0.971 bits per heavy atom. The molecule has 0 N–H and O–H groups in total. The van der Waals surface area contributed by atoms with E-state index < -0.39 is 5.97 Å². The number of hydrogen-bond acceptors (Lipinski definition) is 7. The van der Waals surface area contributed by atoms with Crippen molar-refractivity contribution < 1.29 is 14.3 Å². The van der Waals surface area contributed by atoms with Gasteiger partial charge in [-0.25, -0.2) is 14.5 Å². The average molecular weight is 454 g/mol. The lowest BCUT2D eigenvalue weighted by atomic mass is 10.0. The van der Waals surface area contributed by atoms with Crippen molar-refractivity contribution in [2.75, 3.05) is 13.7 Å². The maximum Gasteiger partial charge on any atom is 0.341 e. The molecule has 5 aromatic rings. The summed E-state index contributed by atoms with van der Waals surface area (Å²) in [6.45, 7) is 2.56. The number of esters is 1. The fraction of sp³-hybridized carbons (Fsp3) is 0.160. The third kappa shape index (κ3) is 4.11. The van der Waals surface area contributed by atoms with E-state index in [4.69, 9.17) is 9.47 Å². The van der Waals surface area contributed by atoms with Gasteiger partial charge in [0.25, 0.3) is 5.95 Å². The molecule has 2 aromatic carbocycles. The van der Waals surface area contributed by atoms with Gasteiger partial charge in [-0.1, -0.05) is 48.5 Å². The second-order valence-electron chi connectivity index (χ2n) is 7.53. The Bertz CT molecular complexity index is 1460. The first-order valence-electron chi connectivity index (χ1n) is 10.8. The number of aromatic nitrogens is 6. The topological polar surface area (TPSA) is 97.0 Å². The standard InChI is InChI=1S/C25H22N6O3/c1-3-34-24(32)20-13-26-31(16-20)25-28-21-14-27-30(22(21)23(29-25)33-2)15-17-8-7-11-19(12-17)18-9-5-4-6-10-18/h4-14,16H,3,15H2,1-2H3. The van der Waals surface area contributed by atoms with Gasteiger partial charge in [0.05, 0.1) is 38.2 Å². The van der Waals surface area contributed by atoms with Gasteiger partial charge >= 0.3 is 5.97 Å². The Kier molecular flexibility index (Phi) is 5.73. The monoisotopic (exact) mass is 454 g/mol. The number of rotatable bonds is 7. The van der Waals surface area contributed by atoms with E-state index in [2.05, 4.69) is 50.5 Å². The fourth-order valence-corrected chi connectivity index (χ4v) is 3.72. The number of fused-ring (bicyclic) bond motifs is 1. The van der Waals surface area contributed by atoms with E-state index in [1.807, 2.05) is 28.9 Å². The highest BCUT2D eigenvalue weighted by atomic mass is 16.5. The molecule has 0 bridgehead atoms. The van der Waals surface area contributed by atoms with E-state index in [1.165, 1.54) is 17.1 Å². The molecule has 0 unspecified atom stereocenters. The van der Waals surface area contributed by atoms with Crippen molar-refractivity contribution in [3.05, 3.63) is 84.3 Å². The molecule has 0 saturated carbocycles. The minimum absolute atomic E-state index is 0.269. The second kappa shape index (κ2) is 9.14. The maximum atomic E-state index is 12.0. The lowest BCUT2D eigenvalue weighted by molar-refractivity contribution is 0.0526. The molecule has 5 rings (SSSR count). The van der Waals surface area contributed by atoms with Crippen LogP contribution in [0.5, 0.6) is 5.88 Å². The minimum Gasteiger partial charge on any atom is -0.479 e. The van der Waals surface area contributed by atoms with E-state index >= 15 is 0 Å². The zero-order chi connectivity index (χ0) is 23.5. The average Bonchev–Trinajstić information content (AvgIpc) is 3.52. The number of methoxy groups -OCH3 is 1. The number of carbonyl (C=O) groups is 1. The molecule has 0 aliphatic rings. The van der Waals surface area contributed by atoms with Crippen molar-refractivity contribution in [2.45, 2.75) is 13.5 Å². The summed E-state index contributed by atoms with van der Waals surface area (Å²) in [5.41, 5.74) is 4.98. The summed E-state index contributed by atoms with van der Waals surface area (Å²) in [7, 11) is 1.55. The van der Waals surface area contributed by atoms with E-state index in [9.17, 15) is 4.79 Å². The Labute approximate surface area is 195 Å². The van der Waals surface area contributed by atoms with Crippen LogP contribution >= 0.6 is 0 Å². The summed E-state index contributed by atoms with van der Waals surface area (Å²) in [5.74, 6) is 0.183. The molecule has 0 aliphatic heterocycles. The van der Waals surface area contributed by atoms with Gasteiger partial charge in [0.2, 0.25) is 5.88 Å². The number of benzene rings is 2. The Morgan fingerprint density at radius 3 is 2.59 bits per heavy atom. The summed E-state index contributed by atoms with van der Waals surface area (Å²) in [6.07, 6.45) is 4.61. The van der Waals surface area contributed by atoms with Crippen molar-refractivity contribution in [3.8, 4) is 23.0 Å². The van der Waals surface area contributed by atoms with Crippen LogP contribution in [0.4, 0.5) is 0 Å². The van der Waals surface area contributed by atoms with Crippen molar-refractivity contribution in [1.29, 1.82) is 0 Å². The largest absolute Gasteiger partial charge is 0.479 e. The predicted molar refractivity (Wildman–Crippen MR) is 126 cm³/mol. The van der Waals surface area contributed by atoms with Gasteiger partial charge in [0.1, 0.15) is 11.0 Å². The van der Waals surface area contributed by atoms with Crippen molar-refractivity contribution >= 4 is 17.0 Å². The number of nitrogens with zero attached hydrogens (tertiary/aromatic N) is 6. The van der Waals surface area contributed by atoms with Gasteiger partial charge in [-0.05, 0) is 29.7 Å². The maximum absolute atomic E-state index is 12.0. The fourth-order valence-electron chi connectivity index (χ4n) is 3.72. The number of ether oxygens (including phenoxy) is 2. The number of hydrogen-bond donors (Lipinski definition) is 0. The lowest BCUT2D eigenvalue weighted by Gasteiger charge is -2.09. The molecule has 9 nitrogen and oxygen atoms in total. The van der Waals surface area contributed by atoms with Crippen LogP contribution in [0.2, 0.25) is 0 Å². The smallest absolute Gasteiger partial charge is 0.341 e. The van der Waals surface area contributed by atoms with Crippen LogP contribution in [-0.2, 0) is 11.3 Å². The van der Waals surface area contributed by atoms with Crippen LogP contribution in [0.25, 0.3) is 28.1 Å². The molecule has 34 heavy (non-hydrogen) atoms. The first kappa shape index (κ1) is 21.3.